The molecule has 7 nitrogen and oxygen atoms in total. The molecule has 0 saturated carbocycles. The molecule has 0 bridgehead atoms. The third kappa shape index (κ3) is 2.62. The smallest absolute Gasteiger partial charge is 0.226 e. The van der Waals surface area contributed by atoms with E-state index in [1.54, 1.807) is 6.92 Å². The van der Waals surface area contributed by atoms with Gasteiger partial charge in [-0.15, -0.1) is 20.4 Å². The molecule has 0 aliphatic rings. The summed E-state index contributed by atoms with van der Waals surface area (Å²) in [7, 11) is 0. The van der Waals surface area contributed by atoms with E-state index in [0.29, 0.717) is 22.7 Å². The first-order valence-electron chi connectivity index (χ1n) is 7.79. The van der Waals surface area contributed by atoms with Crippen molar-refractivity contribution in [3.8, 4) is 0 Å². The Kier molecular flexibility index (Phi) is 3.89. The first kappa shape index (κ1) is 15.1. The van der Waals surface area contributed by atoms with E-state index in [-0.39, 0.29) is 0 Å². The van der Waals surface area contributed by atoms with E-state index in [4.69, 9.17) is 9.40 Å². The summed E-state index contributed by atoms with van der Waals surface area (Å²) in [4.78, 5) is 4.72. The summed E-state index contributed by atoms with van der Waals surface area (Å²) in [6.45, 7) is 4.83. The molecule has 8 heteroatoms. The third-order valence-electron chi connectivity index (χ3n) is 3.69. The van der Waals surface area contributed by atoms with Crippen LogP contribution in [0.4, 0.5) is 0 Å². The molecule has 24 heavy (non-hydrogen) atoms. The number of para-hydroxylation sites is 1. The lowest BCUT2D eigenvalue weighted by Gasteiger charge is -2.04. The van der Waals surface area contributed by atoms with Gasteiger partial charge in [-0.1, -0.05) is 36.9 Å². The number of hydrogen-bond donors (Lipinski definition) is 0. The Morgan fingerprint density at radius 1 is 1.12 bits per heavy atom. The van der Waals surface area contributed by atoms with Gasteiger partial charge in [0.25, 0.3) is 0 Å². The molecule has 3 heterocycles. The SMILES string of the molecule is CCCn1c2ccccc2c2nnc(SCc3nnc(C)o3)nc21. The molecule has 0 radical (unpaired) electrons. The average Bonchev–Trinajstić information content (AvgIpc) is 3.15. The highest BCUT2D eigenvalue weighted by molar-refractivity contribution is 7.98. The first-order valence-corrected chi connectivity index (χ1v) is 8.78. The van der Waals surface area contributed by atoms with E-state index >= 15 is 0 Å². The zero-order valence-electron chi connectivity index (χ0n) is 13.4. The second kappa shape index (κ2) is 6.20. The van der Waals surface area contributed by atoms with Crippen LogP contribution in [-0.2, 0) is 12.3 Å². The molecular formula is C16H16N6OS. The highest BCUT2D eigenvalue weighted by Crippen LogP contribution is 2.28. The molecule has 122 valence electrons. The zero-order valence-corrected chi connectivity index (χ0v) is 14.2. The summed E-state index contributed by atoms with van der Waals surface area (Å²) in [6.07, 6.45) is 1.03. The highest BCUT2D eigenvalue weighted by Gasteiger charge is 2.14. The minimum atomic E-state index is 0.530. The van der Waals surface area contributed by atoms with Crippen LogP contribution in [0.15, 0.2) is 33.8 Å². The lowest BCUT2D eigenvalue weighted by atomic mass is 10.2. The number of hydrogen-bond acceptors (Lipinski definition) is 7. The van der Waals surface area contributed by atoms with E-state index in [0.717, 1.165) is 35.0 Å². The molecule has 0 spiro atoms. The second-order valence-corrected chi connectivity index (χ2v) is 6.38. The van der Waals surface area contributed by atoms with Crippen LogP contribution in [0.1, 0.15) is 25.1 Å². The van der Waals surface area contributed by atoms with Crippen LogP contribution in [-0.4, -0.2) is 29.9 Å². The normalized spacial score (nSPS) is 11.6. The number of aromatic nitrogens is 6. The summed E-state index contributed by atoms with van der Waals surface area (Å²) in [6, 6.07) is 8.21. The monoisotopic (exact) mass is 340 g/mol. The van der Waals surface area contributed by atoms with Crippen molar-refractivity contribution in [3.63, 3.8) is 0 Å². The maximum atomic E-state index is 5.38. The van der Waals surface area contributed by atoms with E-state index in [9.17, 15) is 0 Å². The molecule has 0 aliphatic carbocycles. The van der Waals surface area contributed by atoms with Gasteiger partial charge in [-0.05, 0) is 12.5 Å². The van der Waals surface area contributed by atoms with Crippen molar-refractivity contribution >= 4 is 33.8 Å². The minimum Gasteiger partial charge on any atom is -0.425 e. The topological polar surface area (TPSA) is 82.5 Å². The standard InChI is InChI=1S/C16H16N6OS/c1-3-8-22-12-7-5-4-6-11(12)14-15(22)17-16(21-20-14)24-9-13-19-18-10(2)23-13/h4-7H,3,8-9H2,1-2H3. The molecular weight excluding hydrogens is 324 g/mol. The van der Waals surface area contributed by atoms with Crippen LogP contribution in [0.25, 0.3) is 22.1 Å². The van der Waals surface area contributed by atoms with Gasteiger partial charge in [0, 0.05) is 18.9 Å². The summed E-state index contributed by atoms with van der Waals surface area (Å²) in [5, 5.41) is 18.2. The number of aryl methyl sites for hydroxylation is 2. The number of benzene rings is 1. The molecule has 3 aromatic heterocycles. The largest absolute Gasteiger partial charge is 0.425 e. The van der Waals surface area contributed by atoms with Crippen LogP contribution in [0.2, 0.25) is 0 Å². The fourth-order valence-electron chi connectivity index (χ4n) is 2.72. The Morgan fingerprint density at radius 2 is 2.00 bits per heavy atom. The van der Waals surface area contributed by atoms with Gasteiger partial charge in [0.2, 0.25) is 16.9 Å². The van der Waals surface area contributed by atoms with E-state index in [2.05, 4.69) is 44.0 Å². The van der Waals surface area contributed by atoms with Gasteiger partial charge in [-0.25, -0.2) is 4.98 Å². The van der Waals surface area contributed by atoms with Crippen molar-refractivity contribution in [1.82, 2.24) is 29.9 Å². The fourth-order valence-corrected chi connectivity index (χ4v) is 3.34. The predicted octanol–water partition coefficient (Wildman–Crippen LogP) is 3.37. The molecule has 1 aromatic carbocycles. The maximum absolute atomic E-state index is 5.38. The van der Waals surface area contributed by atoms with Crippen LogP contribution < -0.4 is 0 Å². The number of fused-ring (bicyclic) bond motifs is 3. The van der Waals surface area contributed by atoms with Crippen LogP contribution >= 0.6 is 11.8 Å². The number of nitrogens with zero attached hydrogens (tertiary/aromatic N) is 6. The Labute approximate surface area is 142 Å². The quantitative estimate of drug-likeness (QED) is 0.515. The maximum Gasteiger partial charge on any atom is 0.226 e. The number of rotatable bonds is 5. The minimum absolute atomic E-state index is 0.530. The molecule has 0 unspecified atom stereocenters. The van der Waals surface area contributed by atoms with Crippen LogP contribution in [0.5, 0.6) is 0 Å². The van der Waals surface area contributed by atoms with Crippen molar-refractivity contribution in [2.24, 2.45) is 0 Å². The Morgan fingerprint density at radius 3 is 2.79 bits per heavy atom. The molecule has 0 fully saturated rings. The van der Waals surface area contributed by atoms with Gasteiger partial charge in [0.1, 0.15) is 5.52 Å². The molecule has 0 atom stereocenters. The second-order valence-electron chi connectivity index (χ2n) is 5.44. The molecule has 0 saturated heterocycles. The van der Waals surface area contributed by atoms with Crippen molar-refractivity contribution in [1.29, 1.82) is 0 Å². The Hall–Kier alpha value is -2.48. The fraction of sp³-hybridized carbons (Fsp3) is 0.312. The average molecular weight is 340 g/mol. The molecule has 4 rings (SSSR count). The van der Waals surface area contributed by atoms with E-state index in [1.165, 1.54) is 11.8 Å². The van der Waals surface area contributed by atoms with Crippen LogP contribution in [0.3, 0.4) is 0 Å². The molecule has 0 aliphatic heterocycles. The van der Waals surface area contributed by atoms with Crippen molar-refractivity contribution < 1.29 is 4.42 Å². The van der Waals surface area contributed by atoms with Gasteiger partial charge in [-0.3, -0.25) is 0 Å². The van der Waals surface area contributed by atoms with Crippen LogP contribution in [0, 0.1) is 6.92 Å². The summed E-state index contributed by atoms with van der Waals surface area (Å²) < 4.78 is 7.59. The van der Waals surface area contributed by atoms with Gasteiger partial charge in [0.15, 0.2) is 5.65 Å². The predicted molar refractivity (Wildman–Crippen MR) is 91.7 cm³/mol. The Bertz CT molecular complexity index is 1010. The lowest BCUT2D eigenvalue weighted by Crippen LogP contribution is -2.00. The molecule has 0 amide bonds. The van der Waals surface area contributed by atoms with Gasteiger partial charge < -0.3 is 8.98 Å². The summed E-state index contributed by atoms with van der Waals surface area (Å²) in [5.74, 6) is 1.65. The van der Waals surface area contributed by atoms with Gasteiger partial charge in [0.05, 0.1) is 11.3 Å². The van der Waals surface area contributed by atoms with Crippen molar-refractivity contribution in [2.75, 3.05) is 0 Å². The Balaban J connectivity index is 1.73. The summed E-state index contributed by atoms with van der Waals surface area (Å²) >= 11 is 1.44. The summed E-state index contributed by atoms with van der Waals surface area (Å²) in [5.41, 5.74) is 2.86. The zero-order chi connectivity index (χ0) is 16.5. The molecule has 4 aromatic rings. The van der Waals surface area contributed by atoms with E-state index < -0.39 is 0 Å². The van der Waals surface area contributed by atoms with E-state index in [1.807, 2.05) is 12.1 Å². The van der Waals surface area contributed by atoms with Crippen molar-refractivity contribution in [3.05, 3.63) is 36.0 Å². The third-order valence-corrected chi connectivity index (χ3v) is 4.52. The van der Waals surface area contributed by atoms with Crippen molar-refractivity contribution in [2.45, 2.75) is 37.7 Å². The number of thioether (sulfide) groups is 1. The van der Waals surface area contributed by atoms with Gasteiger partial charge in [-0.2, -0.15) is 0 Å². The molecule has 0 N–H and O–H groups in total. The highest BCUT2D eigenvalue weighted by atomic mass is 32.2. The first-order chi connectivity index (χ1) is 11.8. The lowest BCUT2D eigenvalue weighted by molar-refractivity contribution is 0.485. The van der Waals surface area contributed by atoms with Gasteiger partial charge >= 0.3 is 0 Å².